The number of ether oxygens (including phenoxy) is 1. The first-order valence-corrected chi connectivity index (χ1v) is 13.8. The van der Waals surface area contributed by atoms with Gasteiger partial charge in [0.1, 0.15) is 11.8 Å². The second kappa shape index (κ2) is 11.8. The summed E-state index contributed by atoms with van der Waals surface area (Å²) in [7, 11) is 1.39. The Bertz CT molecular complexity index is 1190. The van der Waals surface area contributed by atoms with E-state index in [2.05, 4.69) is 10.3 Å². The standard InChI is InChI=1S/C30H38F3N3O4/c1-29(2,3)23-24(35-17-19-16-20(30(31,32)33)13-14-22(19)40-4)25(21-12-8-9-15-34-21)36(26(23)28(38)39)27(37)18-10-6-5-7-11-18/h8-9,12-16,18,23-26,35H,5-7,10-11,17H2,1-4H3,(H,38,39)/t23-,24-,25-,26-/m1/s1. The number of halogens is 3. The van der Waals surface area contributed by atoms with Crippen LogP contribution in [-0.2, 0) is 22.3 Å². The Hall–Kier alpha value is -3.14. The maximum absolute atomic E-state index is 14.1. The Morgan fingerprint density at radius 1 is 1.10 bits per heavy atom. The number of hydrogen-bond acceptors (Lipinski definition) is 5. The van der Waals surface area contributed by atoms with Crippen LogP contribution in [0.4, 0.5) is 13.2 Å². The molecule has 2 aromatic rings. The minimum atomic E-state index is -4.53. The third kappa shape index (κ3) is 6.11. The van der Waals surface area contributed by atoms with Crippen molar-refractivity contribution in [1.29, 1.82) is 0 Å². The highest BCUT2D eigenvalue weighted by Gasteiger charge is 2.58. The Morgan fingerprint density at radius 3 is 2.35 bits per heavy atom. The topological polar surface area (TPSA) is 91.8 Å². The number of nitrogens with zero attached hydrogens (tertiary/aromatic N) is 2. The first-order valence-electron chi connectivity index (χ1n) is 13.8. The van der Waals surface area contributed by atoms with Gasteiger partial charge in [0, 0.05) is 36.2 Å². The highest BCUT2D eigenvalue weighted by atomic mass is 19.4. The number of carboxylic acid groups (broad SMARTS) is 1. The van der Waals surface area contributed by atoms with Crippen LogP contribution >= 0.6 is 0 Å². The third-order valence-corrected chi connectivity index (χ3v) is 8.26. The van der Waals surface area contributed by atoms with Crippen molar-refractivity contribution in [2.75, 3.05) is 7.11 Å². The van der Waals surface area contributed by atoms with Gasteiger partial charge in [0.15, 0.2) is 0 Å². The molecule has 1 aromatic heterocycles. The molecule has 1 aliphatic carbocycles. The van der Waals surface area contributed by atoms with Crippen molar-refractivity contribution in [3.05, 3.63) is 59.4 Å². The number of aliphatic carboxylic acids is 1. The Morgan fingerprint density at radius 2 is 1.80 bits per heavy atom. The molecule has 40 heavy (non-hydrogen) atoms. The lowest BCUT2D eigenvalue weighted by molar-refractivity contribution is -0.154. The van der Waals surface area contributed by atoms with Gasteiger partial charge in [-0.05, 0) is 48.6 Å². The molecule has 2 N–H and O–H groups in total. The molecule has 10 heteroatoms. The quantitative estimate of drug-likeness (QED) is 0.441. The fourth-order valence-electron chi connectivity index (χ4n) is 6.47. The van der Waals surface area contributed by atoms with Crippen LogP contribution in [0, 0.1) is 17.3 Å². The highest BCUT2D eigenvalue weighted by Crippen LogP contribution is 2.49. The van der Waals surface area contributed by atoms with Crippen LogP contribution in [0.3, 0.4) is 0 Å². The fourth-order valence-corrected chi connectivity index (χ4v) is 6.47. The number of nitrogens with one attached hydrogen (secondary N) is 1. The van der Waals surface area contributed by atoms with Crippen LogP contribution < -0.4 is 10.1 Å². The summed E-state index contributed by atoms with van der Waals surface area (Å²) in [6.07, 6.45) is 1.35. The second-order valence-electron chi connectivity index (χ2n) is 11.9. The van der Waals surface area contributed by atoms with Crippen LogP contribution in [0.5, 0.6) is 5.75 Å². The molecule has 1 amide bonds. The van der Waals surface area contributed by atoms with Crippen molar-refractivity contribution in [2.24, 2.45) is 17.3 Å². The number of benzene rings is 1. The molecule has 1 saturated heterocycles. The first-order chi connectivity index (χ1) is 18.8. The number of carbonyl (C=O) groups excluding carboxylic acids is 1. The Balaban J connectivity index is 1.81. The summed E-state index contributed by atoms with van der Waals surface area (Å²) in [4.78, 5) is 33.1. The minimum Gasteiger partial charge on any atom is -0.496 e. The van der Waals surface area contributed by atoms with Crippen LogP contribution in [0.1, 0.15) is 75.7 Å². The zero-order chi connectivity index (χ0) is 29.2. The van der Waals surface area contributed by atoms with Gasteiger partial charge in [-0.2, -0.15) is 13.2 Å². The molecule has 2 aliphatic rings. The summed E-state index contributed by atoms with van der Waals surface area (Å²) in [5.74, 6) is -1.86. The van der Waals surface area contributed by atoms with Gasteiger partial charge in [0.05, 0.1) is 24.4 Å². The van der Waals surface area contributed by atoms with E-state index < -0.39 is 47.2 Å². The van der Waals surface area contributed by atoms with Crippen molar-refractivity contribution in [3.63, 3.8) is 0 Å². The molecule has 0 radical (unpaired) electrons. The number of hydrogen-bond donors (Lipinski definition) is 2. The van der Waals surface area contributed by atoms with E-state index in [0.717, 1.165) is 31.4 Å². The SMILES string of the molecule is COc1ccc(C(F)(F)F)cc1CN[C@@H]1[C@@H](C(C)(C)C)[C@H](C(=O)O)N(C(=O)C2CCCCC2)[C@@H]1c1ccccn1. The van der Waals surface area contributed by atoms with E-state index in [1.165, 1.54) is 18.1 Å². The zero-order valence-electron chi connectivity index (χ0n) is 23.4. The number of rotatable bonds is 7. The van der Waals surface area contributed by atoms with Gasteiger partial charge in [-0.15, -0.1) is 0 Å². The Kier molecular flexibility index (Phi) is 8.77. The number of likely N-dealkylation sites (tertiary alicyclic amines) is 1. The minimum absolute atomic E-state index is 0.0223. The number of aromatic nitrogens is 1. The van der Waals surface area contributed by atoms with Gasteiger partial charge in [-0.25, -0.2) is 4.79 Å². The number of amides is 1. The molecule has 0 bridgehead atoms. The van der Waals surface area contributed by atoms with Gasteiger partial charge in [0.2, 0.25) is 5.91 Å². The zero-order valence-corrected chi connectivity index (χ0v) is 23.4. The predicted octanol–water partition coefficient (Wildman–Crippen LogP) is 5.85. The van der Waals surface area contributed by atoms with Crippen molar-refractivity contribution in [1.82, 2.24) is 15.2 Å². The molecule has 4 atom stereocenters. The number of carboxylic acids is 1. The molecule has 7 nitrogen and oxygen atoms in total. The molecular formula is C30H38F3N3O4. The maximum atomic E-state index is 14.1. The lowest BCUT2D eigenvalue weighted by Gasteiger charge is -2.36. The van der Waals surface area contributed by atoms with Crippen LogP contribution in [0.25, 0.3) is 0 Å². The lowest BCUT2D eigenvalue weighted by Crippen LogP contribution is -2.49. The molecule has 1 saturated carbocycles. The van der Waals surface area contributed by atoms with E-state index >= 15 is 0 Å². The van der Waals surface area contributed by atoms with E-state index in [4.69, 9.17) is 4.74 Å². The Labute approximate surface area is 233 Å². The predicted molar refractivity (Wildman–Crippen MR) is 143 cm³/mol. The summed E-state index contributed by atoms with van der Waals surface area (Å²) in [5, 5.41) is 13.9. The summed E-state index contributed by atoms with van der Waals surface area (Å²) < 4.78 is 45.9. The lowest BCUT2D eigenvalue weighted by atomic mass is 9.72. The van der Waals surface area contributed by atoms with Crippen LogP contribution in [-0.4, -0.2) is 46.1 Å². The van der Waals surface area contributed by atoms with Gasteiger partial charge in [-0.1, -0.05) is 46.1 Å². The van der Waals surface area contributed by atoms with Crippen molar-refractivity contribution in [2.45, 2.75) is 83.7 Å². The smallest absolute Gasteiger partial charge is 0.416 e. The summed E-state index contributed by atoms with van der Waals surface area (Å²) >= 11 is 0. The molecule has 0 unspecified atom stereocenters. The monoisotopic (exact) mass is 561 g/mol. The van der Waals surface area contributed by atoms with Crippen molar-refractivity contribution in [3.8, 4) is 5.75 Å². The molecule has 2 fully saturated rings. The van der Waals surface area contributed by atoms with Crippen molar-refractivity contribution < 1.29 is 32.6 Å². The molecule has 0 spiro atoms. The van der Waals surface area contributed by atoms with Gasteiger partial charge in [-0.3, -0.25) is 9.78 Å². The van der Waals surface area contributed by atoms with Crippen LogP contribution in [0.2, 0.25) is 0 Å². The van der Waals surface area contributed by atoms with Gasteiger partial charge in [0.25, 0.3) is 0 Å². The van der Waals surface area contributed by atoms with Gasteiger partial charge < -0.3 is 20.1 Å². The van der Waals surface area contributed by atoms with E-state index in [1.54, 1.807) is 24.4 Å². The molecule has 1 aliphatic heterocycles. The summed E-state index contributed by atoms with van der Waals surface area (Å²) in [6.45, 7) is 5.76. The molecule has 4 rings (SSSR count). The van der Waals surface area contributed by atoms with Gasteiger partial charge >= 0.3 is 12.1 Å². The van der Waals surface area contributed by atoms with E-state index in [9.17, 15) is 27.9 Å². The van der Waals surface area contributed by atoms with E-state index in [1.807, 2.05) is 20.8 Å². The number of alkyl halides is 3. The molecule has 2 heterocycles. The summed E-state index contributed by atoms with van der Waals surface area (Å²) in [6, 6.07) is 6.14. The number of pyridine rings is 1. The first kappa shape index (κ1) is 29.8. The normalized spacial score (nSPS) is 24.2. The number of methoxy groups -OCH3 is 1. The largest absolute Gasteiger partial charge is 0.496 e. The van der Waals surface area contributed by atoms with Crippen LogP contribution in [0.15, 0.2) is 42.6 Å². The average Bonchev–Trinajstić information content (AvgIpc) is 3.28. The summed E-state index contributed by atoms with van der Waals surface area (Å²) in [5.41, 5.74) is -0.553. The molecular weight excluding hydrogens is 523 g/mol. The molecule has 1 aromatic carbocycles. The fraction of sp³-hybridized carbons (Fsp3) is 0.567. The molecule has 218 valence electrons. The maximum Gasteiger partial charge on any atom is 0.416 e. The highest BCUT2D eigenvalue weighted by molar-refractivity contribution is 5.87. The second-order valence-corrected chi connectivity index (χ2v) is 11.9. The average molecular weight is 562 g/mol. The van der Waals surface area contributed by atoms with E-state index in [-0.39, 0.29) is 29.7 Å². The van der Waals surface area contributed by atoms with E-state index in [0.29, 0.717) is 18.5 Å². The number of carbonyl (C=O) groups is 2. The van der Waals surface area contributed by atoms with Crippen molar-refractivity contribution >= 4 is 11.9 Å². The third-order valence-electron chi connectivity index (χ3n) is 8.26.